The van der Waals surface area contributed by atoms with E-state index >= 15 is 0 Å². The first kappa shape index (κ1) is 27.7. The number of ether oxygens (including phenoxy) is 1. The maximum atomic E-state index is 14.3. The first-order chi connectivity index (χ1) is 18.5. The fraction of sp³-hybridized carbons (Fsp3) is 0.167. The number of benzene rings is 1. The number of nitrogens with one attached hydrogen (secondary N) is 1. The number of pyridine rings is 2. The van der Waals surface area contributed by atoms with Gasteiger partial charge in [-0.1, -0.05) is 11.6 Å². The van der Waals surface area contributed by atoms with Crippen LogP contribution in [-0.2, 0) is 10.0 Å². The Hall–Kier alpha value is -4.30. The van der Waals surface area contributed by atoms with E-state index < -0.39 is 38.2 Å². The number of carboxylic acid groups (broad SMARTS) is 1. The average molecular weight is 580 g/mol. The van der Waals surface area contributed by atoms with Crippen LogP contribution in [0.5, 0.6) is 5.88 Å². The molecule has 0 bridgehead atoms. The zero-order valence-corrected chi connectivity index (χ0v) is 21.7. The van der Waals surface area contributed by atoms with Gasteiger partial charge in [0, 0.05) is 43.2 Å². The van der Waals surface area contributed by atoms with Crippen molar-refractivity contribution in [1.82, 2.24) is 19.3 Å². The van der Waals surface area contributed by atoms with Gasteiger partial charge in [0.25, 0.3) is 15.6 Å². The second kappa shape index (κ2) is 11.2. The lowest BCUT2D eigenvalue weighted by molar-refractivity contribution is 0.152. The van der Waals surface area contributed by atoms with E-state index in [1.54, 1.807) is 12.1 Å². The number of hydrogen-bond acceptors (Lipinski definition) is 7. The monoisotopic (exact) mass is 579 g/mol. The number of fused-ring (bicyclic) bond motifs is 1. The van der Waals surface area contributed by atoms with Gasteiger partial charge in [0.2, 0.25) is 5.88 Å². The number of amides is 1. The maximum Gasteiger partial charge on any atom is 0.407 e. The first-order valence-electron chi connectivity index (χ1n) is 11.2. The van der Waals surface area contributed by atoms with Crippen molar-refractivity contribution < 1.29 is 31.8 Å². The van der Waals surface area contributed by atoms with Gasteiger partial charge in [0.1, 0.15) is 32.9 Å². The van der Waals surface area contributed by atoms with Crippen molar-refractivity contribution in [3.63, 3.8) is 0 Å². The number of rotatable bonds is 9. The van der Waals surface area contributed by atoms with E-state index in [1.165, 1.54) is 36.1 Å². The molecule has 2 N–H and O–H groups in total. The molecular weight excluding hydrogens is 560 g/mol. The van der Waals surface area contributed by atoms with Gasteiger partial charge >= 0.3 is 6.09 Å². The molecule has 0 saturated carbocycles. The van der Waals surface area contributed by atoms with Crippen molar-refractivity contribution in [2.75, 3.05) is 24.9 Å². The summed E-state index contributed by atoms with van der Waals surface area (Å²) in [7, 11) is -3.19. The largest absolute Gasteiger partial charge is 0.476 e. The molecule has 0 spiro atoms. The summed E-state index contributed by atoms with van der Waals surface area (Å²) >= 11 is 5.89. The van der Waals surface area contributed by atoms with Crippen LogP contribution in [0.2, 0.25) is 5.02 Å². The van der Waals surface area contributed by atoms with Gasteiger partial charge in [0.05, 0.1) is 12.8 Å². The maximum absolute atomic E-state index is 14.3. The van der Waals surface area contributed by atoms with Crippen molar-refractivity contribution >= 4 is 39.1 Å². The molecule has 3 heterocycles. The van der Waals surface area contributed by atoms with Gasteiger partial charge in [-0.3, -0.25) is 13.9 Å². The van der Waals surface area contributed by atoms with Crippen LogP contribution in [0, 0.1) is 11.6 Å². The first-order valence-corrected chi connectivity index (χ1v) is 13.0. The van der Waals surface area contributed by atoms with E-state index in [2.05, 4.69) is 14.7 Å². The highest BCUT2D eigenvalue weighted by Crippen LogP contribution is 2.31. The number of hydrogen-bond donors (Lipinski definition) is 2. The van der Waals surface area contributed by atoms with Gasteiger partial charge < -0.3 is 14.7 Å². The molecule has 0 aliphatic carbocycles. The summed E-state index contributed by atoms with van der Waals surface area (Å²) in [6, 6.07) is 6.54. The summed E-state index contributed by atoms with van der Waals surface area (Å²) in [6.07, 6.45) is 3.15. The van der Waals surface area contributed by atoms with Crippen molar-refractivity contribution in [3.05, 3.63) is 82.0 Å². The normalized spacial score (nSPS) is 11.4. The van der Waals surface area contributed by atoms with Gasteiger partial charge in [-0.25, -0.2) is 32.0 Å². The molecule has 1 amide bonds. The Morgan fingerprint density at radius 2 is 1.92 bits per heavy atom. The molecule has 0 radical (unpaired) electrons. The third kappa shape index (κ3) is 6.23. The zero-order chi connectivity index (χ0) is 28.3. The van der Waals surface area contributed by atoms with Gasteiger partial charge in [-0.05, 0) is 36.8 Å². The van der Waals surface area contributed by atoms with Gasteiger partial charge in [-0.15, -0.1) is 0 Å². The predicted molar refractivity (Wildman–Crippen MR) is 138 cm³/mol. The number of nitrogens with zero attached hydrogens (tertiary/aromatic N) is 4. The number of aromatic nitrogens is 3. The Labute approximate surface area is 225 Å². The second-order valence-corrected chi connectivity index (χ2v) is 10.3. The Morgan fingerprint density at radius 1 is 1.15 bits per heavy atom. The standard InChI is InChI=1S/C24H20ClF2N5O6S/c1-31(24(34)35)7-2-8-38-22-19(30-39(36,37)20-5-4-16(26)10-18(20)27)9-15(11-29-22)14-3-6-21-28-12-17(25)23(33)32(21)13-14/h3-6,9-13,30H,2,7-8H2,1H3,(H,34,35). The number of halogens is 3. The van der Waals surface area contributed by atoms with Crippen molar-refractivity contribution in [2.24, 2.45) is 0 Å². The summed E-state index contributed by atoms with van der Waals surface area (Å²) in [6.45, 7) is 0.108. The average Bonchev–Trinajstić information content (AvgIpc) is 2.88. The summed E-state index contributed by atoms with van der Waals surface area (Å²) in [5.74, 6) is -2.43. The topological polar surface area (TPSA) is 143 Å². The van der Waals surface area contributed by atoms with Gasteiger partial charge in [-0.2, -0.15) is 0 Å². The number of sulfonamides is 1. The summed E-state index contributed by atoms with van der Waals surface area (Å²) in [5.41, 5.74) is 0.401. The molecule has 4 rings (SSSR count). The van der Waals surface area contributed by atoms with Crippen LogP contribution < -0.4 is 15.0 Å². The lowest BCUT2D eigenvalue weighted by Gasteiger charge is -2.16. The molecule has 1 aromatic carbocycles. The molecule has 0 saturated heterocycles. The molecule has 0 fully saturated rings. The molecule has 3 aromatic heterocycles. The lowest BCUT2D eigenvalue weighted by Crippen LogP contribution is -2.26. The van der Waals surface area contributed by atoms with Crippen molar-refractivity contribution in [1.29, 1.82) is 0 Å². The third-order valence-electron chi connectivity index (χ3n) is 5.48. The molecule has 0 unspecified atom stereocenters. The van der Waals surface area contributed by atoms with Crippen molar-refractivity contribution in [2.45, 2.75) is 11.3 Å². The fourth-order valence-corrected chi connectivity index (χ4v) is 4.73. The Kier molecular flexibility index (Phi) is 7.97. The van der Waals surface area contributed by atoms with Crippen molar-refractivity contribution in [3.8, 4) is 17.0 Å². The van der Waals surface area contributed by atoms with E-state index in [0.717, 1.165) is 17.0 Å². The van der Waals surface area contributed by atoms with Gasteiger partial charge in [0.15, 0.2) is 0 Å². The highest BCUT2D eigenvalue weighted by molar-refractivity contribution is 7.92. The Morgan fingerprint density at radius 3 is 2.64 bits per heavy atom. The Balaban J connectivity index is 1.71. The van der Waals surface area contributed by atoms with Crippen LogP contribution >= 0.6 is 11.6 Å². The van der Waals surface area contributed by atoms with Crippen LogP contribution in [0.4, 0.5) is 19.3 Å². The highest BCUT2D eigenvalue weighted by Gasteiger charge is 2.23. The van der Waals surface area contributed by atoms with Crippen LogP contribution in [0.25, 0.3) is 16.8 Å². The number of anilines is 1. The van der Waals surface area contributed by atoms with E-state index in [1.807, 2.05) is 0 Å². The smallest absolute Gasteiger partial charge is 0.407 e. The summed E-state index contributed by atoms with van der Waals surface area (Å²) in [5, 5.41) is 8.86. The number of carbonyl (C=O) groups is 1. The minimum atomic E-state index is -4.56. The van der Waals surface area contributed by atoms with E-state index in [4.69, 9.17) is 21.4 Å². The molecule has 204 valence electrons. The van der Waals surface area contributed by atoms with E-state index in [0.29, 0.717) is 22.8 Å². The molecule has 0 aliphatic heterocycles. The minimum absolute atomic E-state index is 0.0286. The molecule has 11 nitrogen and oxygen atoms in total. The minimum Gasteiger partial charge on any atom is -0.476 e. The molecule has 0 aliphatic rings. The quantitative estimate of drug-likeness (QED) is 0.285. The molecular formula is C24H20ClF2N5O6S. The van der Waals surface area contributed by atoms with E-state index in [-0.39, 0.29) is 36.2 Å². The van der Waals surface area contributed by atoms with Crippen LogP contribution in [-0.4, -0.2) is 59.1 Å². The fourth-order valence-electron chi connectivity index (χ4n) is 3.48. The zero-order valence-electron chi connectivity index (χ0n) is 20.1. The summed E-state index contributed by atoms with van der Waals surface area (Å²) in [4.78, 5) is 31.9. The van der Waals surface area contributed by atoms with E-state index in [9.17, 15) is 26.8 Å². The molecule has 4 aromatic rings. The lowest BCUT2D eigenvalue weighted by atomic mass is 10.1. The SMILES string of the molecule is CN(CCCOc1ncc(-c2ccc3ncc(Cl)c(=O)n3c2)cc1NS(=O)(=O)c1ccc(F)cc1F)C(=O)O. The van der Waals surface area contributed by atoms with Crippen LogP contribution in [0.3, 0.4) is 0 Å². The second-order valence-electron chi connectivity index (χ2n) is 8.22. The third-order valence-corrected chi connectivity index (χ3v) is 7.13. The van der Waals surface area contributed by atoms with Crippen LogP contribution in [0.1, 0.15) is 6.42 Å². The molecule has 15 heteroatoms. The summed E-state index contributed by atoms with van der Waals surface area (Å²) < 4.78 is 62.6. The Bertz CT molecular complexity index is 1730. The predicted octanol–water partition coefficient (Wildman–Crippen LogP) is 3.87. The molecule has 0 atom stereocenters. The highest BCUT2D eigenvalue weighted by atomic mass is 35.5. The molecule has 39 heavy (non-hydrogen) atoms. The van der Waals surface area contributed by atoms with Crippen LogP contribution in [0.15, 0.2) is 64.7 Å².